The Labute approximate surface area is 99.9 Å². The highest BCUT2D eigenvalue weighted by molar-refractivity contribution is 8.00. The fourth-order valence-corrected chi connectivity index (χ4v) is 1.65. The summed E-state index contributed by atoms with van der Waals surface area (Å²) in [5.74, 6) is 2.00. The molecule has 1 amide bonds. The van der Waals surface area contributed by atoms with E-state index in [0.29, 0.717) is 5.75 Å². The molecule has 1 aromatic carbocycles. The molecule has 0 radical (unpaired) electrons. The molecule has 0 saturated carbocycles. The predicted octanol–water partition coefficient (Wildman–Crippen LogP) is 2.55. The van der Waals surface area contributed by atoms with Crippen LogP contribution in [-0.2, 0) is 4.79 Å². The average molecular weight is 237 g/mol. The minimum Gasteiger partial charge on any atom is -0.497 e. The van der Waals surface area contributed by atoms with Crippen molar-refractivity contribution < 1.29 is 9.53 Å². The van der Waals surface area contributed by atoms with Crippen LogP contribution in [0.2, 0.25) is 0 Å². The molecule has 16 heavy (non-hydrogen) atoms. The number of hydrogen-bond acceptors (Lipinski definition) is 3. The normalized spacial score (nSPS) is 9.56. The molecule has 0 spiro atoms. The van der Waals surface area contributed by atoms with Crippen molar-refractivity contribution in [2.45, 2.75) is 0 Å². The molecule has 1 rings (SSSR count). The van der Waals surface area contributed by atoms with Crippen LogP contribution in [0.25, 0.3) is 0 Å². The molecule has 3 nitrogen and oxygen atoms in total. The third kappa shape index (κ3) is 4.40. The lowest BCUT2D eigenvalue weighted by molar-refractivity contribution is -0.113. The Hall–Kier alpha value is -1.42. The van der Waals surface area contributed by atoms with E-state index in [1.165, 1.54) is 11.8 Å². The van der Waals surface area contributed by atoms with E-state index in [4.69, 9.17) is 4.74 Å². The number of thioether (sulfide) groups is 1. The number of benzene rings is 1. The zero-order valence-electron chi connectivity index (χ0n) is 9.23. The fourth-order valence-electron chi connectivity index (χ4n) is 1.11. The molecule has 4 heteroatoms. The van der Waals surface area contributed by atoms with Gasteiger partial charge in [-0.3, -0.25) is 4.79 Å². The van der Waals surface area contributed by atoms with Gasteiger partial charge < -0.3 is 10.1 Å². The van der Waals surface area contributed by atoms with Crippen LogP contribution in [0, 0.1) is 0 Å². The maximum atomic E-state index is 11.4. The summed E-state index contributed by atoms with van der Waals surface area (Å²) in [7, 11) is 1.61. The minimum absolute atomic E-state index is 0.00276. The average Bonchev–Trinajstić information content (AvgIpc) is 2.30. The number of carbonyl (C=O) groups excluding carboxylic acids is 1. The summed E-state index contributed by atoms with van der Waals surface area (Å²) in [6.07, 6.45) is 1.78. The van der Waals surface area contributed by atoms with Gasteiger partial charge in [0, 0.05) is 11.4 Å². The molecule has 0 aliphatic rings. The Morgan fingerprint density at radius 2 is 2.19 bits per heavy atom. The van der Waals surface area contributed by atoms with Gasteiger partial charge in [0.25, 0.3) is 0 Å². The van der Waals surface area contributed by atoms with Crippen molar-refractivity contribution in [2.75, 3.05) is 23.9 Å². The smallest absolute Gasteiger partial charge is 0.234 e. The number of amides is 1. The summed E-state index contributed by atoms with van der Waals surface area (Å²) in [5, 5.41) is 2.80. The zero-order valence-corrected chi connectivity index (χ0v) is 10.0. The van der Waals surface area contributed by atoms with Gasteiger partial charge in [0.2, 0.25) is 5.91 Å². The Bertz CT molecular complexity index is 349. The predicted molar refractivity (Wildman–Crippen MR) is 69.1 cm³/mol. The Balaban J connectivity index is 2.40. The van der Waals surface area contributed by atoms with Crippen LogP contribution in [0.5, 0.6) is 5.75 Å². The lowest BCUT2D eigenvalue weighted by Gasteiger charge is -2.05. The first-order valence-electron chi connectivity index (χ1n) is 4.89. The topological polar surface area (TPSA) is 38.3 Å². The largest absolute Gasteiger partial charge is 0.497 e. The highest BCUT2D eigenvalue weighted by Gasteiger charge is 2.01. The molecule has 0 atom stereocenters. The van der Waals surface area contributed by atoms with E-state index in [-0.39, 0.29) is 5.91 Å². The van der Waals surface area contributed by atoms with Gasteiger partial charge in [0.15, 0.2) is 0 Å². The minimum atomic E-state index is -0.00276. The number of carbonyl (C=O) groups is 1. The molecule has 0 aliphatic heterocycles. The number of methoxy groups -OCH3 is 1. The summed E-state index contributed by atoms with van der Waals surface area (Å²) in [6, 6.07) is 7.25. The van der Waals surface area contributed by atoms with E-state index < -0.39 is 0 Å². The molecule has 86 valence electrons. The summed E-state index contributed by atoms with van der Waals surface area (Å²) in [6.45, 7) is 3.59. The van der Waals surface area contributed by atoms with Gasteiger partial charge in [-0.1, -0.05) is 6.08 Å². The second-order valence-corrected chi connectivity index (χ2v) is 4.11. The third-order valence-corrected chi connectivity index (χ3v) is 2.78. The summed E-state index contributed by atoms with van der Waals surface area (Å²) >= 11 is 1.53. The number of ether oxygens (including phenoxy) is 1. The molecule has 0 bridgehead atoms. The van der Waals surface area contributed by atoms with Crippen molar-refractivity contribution >= 4 is 23.4 Å². The zero-order chi connectivity index (χ0) is 11.8. The van der Waals surface area contributed by atoms with E-state index in [1.54, 1.807) is 13.2 Å². The third-order valence-electron chi connectivity index (χ3n) is 1.84. The van der Waals surface area contributed by atoms with Crippen LogP contribution >= 0.6 is 11.8 Å². The summed E-state index contributed by atoms with van der Waals surface area (Å²) in [5.41, 5.74) is 0.782. The van der Waals surface area contributed by atoms with Crippen molar-refractivity contribution in [3.8, 4) is 5.75 Å². The molecule has 0 unspecified atom stereocenters. The van der Waals surface area contributed by atoms with Gasteiger partial charge in [0.05, 0.1) is 12.9 Å². The van der Waals surface area contributed by atoms with Gasteiger partial charge in [-0.2, -0.15) is 0 Å². The lowest BCUT2D eigenvalue weighted by atomic mass is 10.3. The van der Waals surface area contributed by atoms with Gasteiger partial charge in [-0.25, -0.2) is 0 Å². The van der Waals surface area contributed by atoms with Gasteiger partial charge in [-0.05, 0) is 24.3 Å². The van der Waals surface area contributed by atoms with Crippen molar-refractivity contribution in [2.24, 2.45) is 0 Å². The van der Waals surface area contributed by atoms with E-state index >= 15 is 0 Å². The standard InChI is InChI=1S/C12H15NO2S/c1-3-8-16-9-12(14)13-10-4-6-11(15-2)7-5-10/h3-7H,1,8-9H2,2H3,(H,13,14). The number of rotatable bonds is 6. The van der Waals surface area contributed by atoms with E-state index in [9.17, 15) is 4.79 Å². The molecule has 0 saturated heterocycles. The van der Waals surface area contributed by atoms with Crippen molar-refractivity contribution in [1.29, 1.82) is 0 Å². The molecule has 1 N–H and O–H groups in total. The molecular formula is C12H15NO2S. The van der Waals surface area contributed by atoms with E-state index in [0.717, 1.165) is 17.2 Å². The Kier molecular flexibility index (Phi) is 5.50. The number of hydrogen-bond donors (Lipinski definition) is 1. The molecule has 0 heterocycles. The molecule has 1 aromatic rings. The highest BCUT2D eigenvalue weighted by atomic mass is 32.2. The molecule has 0 fully saturated rings. The Morgan fingerprint density at radius 3 is 2.75 bits per heavy atom. The molecular weight excluding hydrogens is 222 g/mol. The van der Waals surface area contributed by atoms with Crippen LogP contribution in [0.4, 0.5) is 5.69 Å². The summed E-state index contributed by atoms with van der Waals surface area (Å²) < 4.78 is 5.03. The van der Waals surface area contributed by atoms with Crippen molar-refractivity contribution in [1.82, 2.24) is 0 Å². The van der Waals surface area contributed by atoms with E-state index in [1.807, 2.05) is 24.3 Å². The SMILES string of the molecule is C=CCSCC(=O)Nc1ccc(OC)cc1. The van der Waals surface area contributed by atoms with Gasteiger partial charge in [-0.15, -0.1) is 18.3 Å². The van der Waals surface area contributed by atoms with E-state index in [2.05, 4.69) is 11.9 Å². The highest BCUT2D eigenvalue weighted by Crippen LogP contribution is 2.15. The van der Waals surface area contributed by atoms with Crippen LogP contribution in [0.3, 0.4) is 0 Å². The maximum Gasteiger partial charge on any atom is 0.234 e. The first-order chi connectivity index (χ1) is 7.76. The monoisotopic (exact) mass is 237 g/mol. The summed E-state index contributed by atoms with van der Waals surface area (Å²) in [4.78, 5) is 11.4. The van der Waals surface area contributed by atoms with Crippen LogP contribution < -0.4 is 10.1 Å². The fraction of sp³-hybridized carbons (Fsp3) is 0.250. The van der Waals surface area contributed by atoms with Crippen LogP contribution in [0.15, 0.2) is 36.9 Å². The van der Waals surface area contributed by atoms with Crippen molar-refractivity contribution in [3.63, 3.8) is 0 Å². The lowest BCUT2D eigenvalue weighted by Crippen LogP contribution is -2.14. The number of anilines is 1. The first-order valence-corrected chi connectivity index (χ1v) is 6.04. The number of nitrogens with one attached hydrogen (secondary N) is 1. The maximum absolute atomic E-state index is 11.4. The van der Waals surface area contributed by atoms with Crippen molar-refractivity contribution in [3.05, 3.63) is 36.9 Å². The molecule has 0 aromatic heterocycles. The second kappa shape index (κ2) is 6.95. The molecule has 0 aliphatic carbocycles. The van der Waals surface area contributed by atoms with Gasteiger partial charge >= 0.3 is 0 Å². The Morgan fingerprint density at radius 1 is 1.50 bits per heavy atom. The van der Waals surface area contributed by atoms with Crippen LogP contribution in [0.1, 0.15) is 0 Å². The van der Waals surface area contributed by atoms with Gasteiger partial charge in [0.1, 0.15) is 5.75 Å². The van der Waals surface area contributed by atoms with Crippen LogP contribution in [-0.4, -0.2) is 24.5 Å². The second-order valence-electron chi connectivity index (χ2n) is 3.08. The quantitative estimate of drug-likeness (QED) is 0.610. The first kappa shape index (κ1) is 12.6.